The summed E-state index contributed by atoms with van der Waals surface area (Å²) in [6.45, 7) is 0.587. The molecule has 1 aliphatic heterocycles. The first-order valence-electron chi connectivity index (χ1n) is 5.28. The van der Waals surface area contributed by atoms with E-state index in [1.807, 2.05) is 6.07 Å². The molecule has 0 aromatic carbocycles. The van der Waals surface area contributed by atoms with Gasteiger partial charge < -0.3 is 10.6 Å². The molecular weight excluding hydrogens is 240 g/mol. The quantitative estimate of drug-likeness (QED) is 0.793. The summed E-state index contributed by atoms with van der Waals surface area (Å²) in [6.07, 6.45) is 1.39. The second-order valence-electron chi connectivity index (χ2n) is 3.86. The zero-order valence-corrected chi connectivity index (χ0v) is 9.79. The SMILES string of the molecule is N#Cc1cc(Cl)nc(NCC2CCC(=O)N2)c1. The zero-order chi connectivity index (χ0) is 12.3. The van der Waals surface area contributed by atoms with Crippen LogP contribution in [0.4, 0.5) is 5.82 Å². The van der Waals surface area contributed by atoms with Crippen LogP contribution >= 0.6 is 11.6 Å². The first-order valence-corrected chi connectivity index (χ1v) is 5.66. The molecule has 1 fully saturated rings. The molecule has 1 unspecified atom stereocenters. The highest BCUT2D eigenvalue weighted by atomic mass is 35.5. The summed E-state index contributed by atoms with van der Waals surface area (Å²) < 4.78 is 0. The molecule has 1 aliphatic rings. The molecule has 5 nitrogen and oxygen atoms in total. The van der Waals surface area contributed by atoms with E-state index in [-0.39, 0.29) is 17.1 Å². The Hall–Kier alpha value is -1.80. The van der Waals surface area contributed by atoms with Crippen LogP contribution in [0.5, 0.6) is 0 Å². The molecule has 88 valence electrons. The fraction of sp³-hybridized carbons (Fsp3) is 0.364. The fourth-order valence-electron chi connectivity index (χ4n) is 1.71. The lowest BCUT2D eigenvalue weighted by molar-refractivity contribution is -0.119. The van der Waals surface area contributed by atoms with Gasteiger partial charge in [-0.2, -0.15) is 5.26 Å². The number of nitrogens with one attached hydrogen (secondary N) is 2. The molecule has 6 heteroatoms. The summed E-state index contributed by atoms with van der Waals surface area (Å²) in [4.78, 5) is 15.1. The van der Waals surface area contributed by atoms with Crippen LogP contribution in [0, 0.1) is 11.3 Å². The highest BCUT2D eigenvalue weighted by Crippen LogP contribution is 2.14. The van der Waals surface area contributed by atoms with Crippen LogP contribution in [-0.2, 0) is 4.79 Å². The van der Waals surface area contributed by atoms with Crippen molar-refractivity contribution in [3.05, 3.63) is 22.8 Å². The molecule has 0 saturated carbocycles. The Bertz CT molecular complexity index is 483. The van der Waals surface area contributed by atoms with Gasteiger partial charge in [-0.05, 0) is 18.6 Å². The number of hydrogen-bond acceptors (Lipinski definition) is 4. The largest absolute Gasteiger partial charge is 0.368 e. The molecule has 2 N–H and O–H groups in total. The van der Waals surface area contributed by atoms with Gasteiger partial charge in [0.15, 0.2) is 0 Å². The van der Waals surface area contributed by atoms with Crippen molar-refractivity contribution in [2.24, 2.45) is 0 Å². The normalized spacial score (nSPS) is 18.6. The van der Waals surface area contributed by atoms with Crippen LogP contribution in [0.1, 0.15) is 18.4 Å². The second kappa shape index (κ2) is 5.02. The number of amides is 1. The third kappa shape index (κ3) is 3.08. The Balaban J connectivity index is 1.97. The van der Waals surface area contributed by atoms with Gasteiger partial charge in [-0.25, -0.2) is 4.98 Å². The highest BCUT2D eigenvalue weighted by Gasteiger charge is 2.20. The third-order valence-corrected chi connectivity index (χ3v) is 2.73. The van der Waals surface area contributed by atoms with Gasteiger partial charge in [-0.1, -0.05) is 11.6 Å². The van der Waals surface area contributed by atoms with Crippen LogP contribution < -0.4 is 10.6 Å². The minimum Gasteiger partial charge on any atom is -0.368 e. The standard InChI is InChI=1S/C11H11ClN4O/c12-9-3-7(5-13)4-10(16-9)14-6-8-1-2-11(17)15-8/h3-4,8H,1-2,6H2,(H,14,16)(H,15,17). The van der Waals surface area contributed by atoms with E-state index in [9.17, 15) is 4.79 Å². The monoisotopic (exact) mass is 250 g/mol. The Labute approximate surface area is 104 Å². The number of hydrogen-bond donors (Lipinski definition) is 2. The highest BCUT2D eigenvalue weighted by molar-refractivity contribution is 6.29. The molecule has 0 spiro atoms. The zero-order valence-electron chi connectivity index (χ0n) is 9.03. The average Bonchev–Trinajstić information content (AvgIpc) is 2.72. The van der Waals surface area contributed by atoms with E-state index in [0.29, 0.717) is 24.3 Å². The summed E-state index contributed by atoms with van der Waals surface area (Å²) in [5.41, 5.74) is 0.461. The molecule has 1 aromatic rings. The average molecular weight is 251 g/mol. The number of anilines is 1. The first kappa shape index (κ1) is 11.7. The Kier molecular flexibility index (Phi) is 3.45. The molecule has 1 aromatic heterocycles. The second-order valence-corrected chi connectivity index (χ2v) is 4.25. The van der Waals surface area contributed by atoms with Crippen molar-refractivity contribution >= 4 is 23.3 Å². The molecule has 2 heterocycles. The molecule has 1 saturated heterocycles. The van der Waals surface area contributed by atoms with Crippen LogP contribution in [-0.4, -0.2) is 23.5 Å². The lowest BCUT2D eigenvalue weighted by atomic mass is 10.2. The molecular formula is C11H11ClN4O. The summed E-state index contributed by atoms with van der Waals surface area (Å²) in [5.74, 6) is 0.628. The maximum atomic E-state index is 11.0. The van der Waals surface area contributed by atoms with Crippen molar-refractivity contribution < 1.29 is 4.79 Å². The van der Waals surface area contributed by atoms with Gasteiger partial charge in [0.25, 0.3) is 0 Å². The minimum atomic E-state index is 0.0774. The van der Waals surface area contributed by atoms with Crippen LogP contribution in [0.3, 0.4) is 0 Å². The molecule has 2 rings (SSSR count). The van der Waals surface area contributed by atoms with Gasteiger partial charge >= 0.3 is 0 Å². The summed E-state index contributed by atoms with van der Waals surface area (Å²) >= 11 is 5.78. The summed E-state index contributed by atoms with van der Waals surface area (Å²) in [7, 11) is 0. The van der Waals surface area contributed by atoms with Crippen molar-refractivity contribution in [1.82, 2.24) is 10.3 Å². The van der Waals surface area contributed by atoms with E-state index in [2.05, 4.69) is 15.6 Å². The molecule has 0 aliphatic carbocycles. The number of carbonyl (C=O) groups is 1. The Morgan fingerprint density at radius 2 is 2.47 bits per heavy atom. The molecule has 0 bridgehead atoms. The molecule has 1 atom stereocenters. The smallest absolute Gasteiger partial charge is 0.220 e. The Morgan fingerprint density at radius 1 is 1.65 bits per heavy atom. The number of nitriles is 1. The van der Waals surface area contributed by atoms with E-state index < -0.39 is 0 Å². The number of pyridine rings is 1. The van der Waals surface area contributed by atoms with E-state index in [1.54, 1.807) is 6.07 Å². The number of rotatable bonds is 3. The van der Waals surface area contributed by atoms with Crippen molar-refractivity contribution in [3.8, 4) is 6.07 Å². The van der Waals surface area contributed by atoms with Crippen molar-refractivity contribution in [2.45, 2.75) is 18.9 Å². The lowest BCUT2D eigenvalue weighted by Crippen LogP contribution is -2.32. The van der Waals surface area contributed by atoms with Gasteiger partial charge in [0, 0.05) is 19.0 Å². The van der Waals surface area contributed by atoms with Crippen molar-refractivity contribution in [3.63, 3.8) is 0 Å². The summed E-state index contributed by atoms with van der Waals surface area (Å²) in [6, 6.07) is 5.26. The molecule has 17 heavy (non-hydrogen) atoms. The van der Waals surface area contributed by atoms with E-state index in [1.165, 1.54) is 6.07 Å². The summed E-state index contributed by atoms with van der Waals surface area (Å²) in [5, 5.41) is 15.0. The number of nitrogens with zero attached hydrogens (tertiary/aromatic N) is 2. The number of carbonyl (C=O) groups excluding carboxylic acids is 1. The maximum Gasteiger partial charge on any atom is 0.220 e. The maximum absolute atomic E-state index is 11.0. The van der Waals surface area contributed by atoms with Crippen LogP contribution in [0.25, 0.3) is 0 Å². The van der Waals surface area contributed by atoms with Crippen LogP contribution in [0.2, 0.25) is 5.15 Å². The van der Waals surface area contributed by atoms with Gasteiger partial charge in [0.1, 0.15) is 11.0 Å². The predicted molar refractivity (Wildman–Crippen MR) is 63.6 cm³/mol. The lowest BCUT2D eigenvalue weighted by Gasteiger charge is -2.11. The van der Waals surface area contributed by atoms with Gasteiger partial charge in [-0.3, -0.25) is 4.79 Å². The fourth-order valence-corrected chi connectivity index (χ4v) is 1.92. The number of aromatic nitrogens is 1. The first-order chi connectivity index (χ1) is 8.17. The third-order valence-electron chi connectivity index (χ3n) is 2.54. The van der Waals surface area contributed by atoms with Crippen molar-refractivity contribution in [2.75, 3.05) is 11.9 Å². The van der Waals surface area contributed by atoms with E-state index >= 15 is 0 Å². The van der Waals surface area contributed by atoms with Gasteiger partial charge in [-0.15, -0.1) is 0 Å². The predicted octanol–water partition coefficient (Wildman–Crippen LogP) is 1.30. The molecule has 1 amide bonds. The molecule has 0 radical (unpaired) electrons. The Morgan fingerprint density at radius 3 is 3.12 bits per heavy atom. The minimum absolute atomic E-state index is 0.0774. The van der Waals surface area contributed by atoms with E-state index in [0.717, 1.165) is 6.42 Å². The van der Waals surface area contributed by atoms with E-state index in [4.69, 9.17) is 16.9 Å². The van der Waals surface area contributed by atoms with Gasteiger partial charge in [0.2, 0.25) is 5.91 Å². The van der Waals surface area contributed by atoms with Crippen LogP contribution in [0.15, 0.2) is 12.1 Å². The van der Waals surface area contributed by atoms with Crippen molar-refractivity contribution in [1.29, 1.82) is 5.26 Å². The number of halogens is 1. The van der Waals surface area contributed by atoms with Gasteiger partial charge in [0.05, 0.1) is 11.6 Å². The topological polar surface area (TPSA) is 77.8 Å².